The molecule has 0 spiro atoms. The van der Waals surface area contributed by atoms with Crippen molar-refractivity contribution in [2.75, 3.05) is 11.9 Å². The number of nitrogens with zero attached hydrogens (tertiary/aromatic N) is 2. The molecule has 0 unspecified atom stereocenters. The molecule has 0 amide bonds. The molecule has 0 radical (unpaired) electrons. The fourth-order valence-electron chi connectivity index (χ4n) is 1.86. The van der Waals surface area contributed by atoms with Crippen LogP contribution in [0.15, 0.2) is 42.5 Å². The summed E-state index contributed by atoms with van der Waals surface area (Å²) in [6.45, 7) is 1.95. The summed E-state index contributed by atoms with van der Waals surface area (Å²) in [6, 6.07) is 11.6. The van der Waals surface area contributed by atoms with Gasteiger partial charge in [0.1, 0.15) is 5.69 Å². The van der Waals surface area contributed by atoms with Gasteiger partial charge in [-0.05, 0) is 31.2 Å². The first kappa shape index (κ1) is 13.0. The lowest BCUT2D eigenvalue weighted by molar-refractivity contribution is -0.386. The van der Waals surface area contributed by atoms with Crippen molar-refractivity contribution in [2.24, 2.45) is 0 Å². The summed E-state index contributed by atoms with van der Waals surface area (Å²) in [5, 5.41) is 11.0. The number of benzene rings is 2. The van der Waals surface area contributed by atoms with Gasteiger partial charge in [0.2, 0.25) is 5.82 Å². The quantitative estimate of drug-likeness (QED) is 0.622. The summed E-state index contributed by atoms with van der Waals surface area (Å²) < 4.78 is 13.6. The van der Waals surface area contributed by atoms with Crippen LogP contribution >= 0.6 is 0 Å². The third-order valence-electron chi connectivity index (χ3n) is 2.93. The fourth-order valence-corrected chi connectivity index (χ4v) is 1.86. The third-order valence-corrected chi connectivity index (χ3v) is 2.93. The molecule has 0 aliphatic heterocycles. The number of para-hydroxylation sites is 1. The van der Waals surface area contributed by atoms with Gasteiger partial charge in [-0.2, -0.15) is 4.39 Å². The molecule has 0 bridgehead atoms. The average Bonchev–Trinajstić information content (AvgIpc) is 2.38. The maximum absolute atomic E-state index is 13.6. The van der Waals surface area contributed by atoms with E-state index in [1.165, 1.54) is 12.1 Å². The van der Waals surface area contributed by atoms with Gasteiger partial charge in [0.05, 0.1) is 4.92 Å². The third kappa shape index (κ3) is 2.54. The minimum Gasteiger partial charge on any atom is -0.339 e. The Bertz CT molecular complexity index is 611. The van der Waals surface area contributed by atoms with Gasteiger partial charge in [0.25, 0.3) is 0 Å². The van der Waals surface area contributed by atoms with Crippen molar-refractivity contribution in [1.82, 2.24) is 0 Å². The fraction of sp³-hybridized carbons (Fsp3) is 0.143. The molecule has 0 heterocycles. The molecule has 98 valence electrons. The second-order valence-electron chi connectivity index (χ2n) is 4.26. The second-order valence-corrected chi connectivity index (χ2v) is 4.26. The van der Waals surface area contributed by atoms with Crippen LogP contribution in [-0.2, 0) is 0 Å². The van der Waals surface area contributed by atoms with E-state index in [2.05, 4.69) is 0 Å². The van der Waals surface area contributed by atoms with E-state index >= 15 is 0 Å². The largest absolute Gasteiger partial charge is 0.339 e. The van der Waals surface area contributed by atoms with Gasteiger partial charge in [-0.15, -0.1) is 0 Å². The minimum absolute atomic E-state index is 0.230. The van der Waals surface area contributed by atoms with Crippen molar-refractivity contribution < 1.29 is 9.31 Å². The monoisotopic (exact) mass is 260 g/mol. The molecule has 2 rings (SSSR count). The van der Waals surface area contributed by atoms with E-state index in [4.69, 9.17) is 0 Å². The van der Waals surface area contributed by atoms with Gasteiger partial charge in [0.15, 0.2) is 0 Å². The number of anilines is 2. The normalized spacial score (nSPS) is 10.3. The van der Waals surface area contributed by atoms with Crippen molar-refractivity contribution in [3.8, 4) is 0 Å². The minimum atomic E-state index is -0.832. The molecule has 2 aromatic carbocycles. The highest BCUT2D eigenvalue weighted by Crippen LogP contribution is 2.34. The first-order chi connectivity index (χ1) is 9.00. The van der Waals surface area contributed by atoms with E-state index in [1.54, 1.807) is 11.9 Å². The summed E-state index contributed by atoms with van der Waals surface area (Å²) in [5.41, 5.74) is 1.57. The number of hydrogen-bond donors (Lipinski definition) is 0. The maximum Gasteiger partial charge on any atom is 0.328 e. The zero-order valence-electron chi connectivity index (χ0n) is 10.6. The summed E-state index contributed by atoms with van der Waals surface area (Å²) in [4.78, 5) is 11.9. The maximum atomic E-state index is 13.6. The molecule has 0 fully saturated rings. The Morgan fingerprint density at radius 1 is 1.16 bits per heavy atom. The van der Waals surface area contributed by atoms with Crippen molar-refractivity contribution in [2.45, 2.75) is 6.92 Å². The molecule has 5 heteroatoms. The predicted octanol–water partition coefficient (Wildman–Crippen LogP) is 3.81. The number of hydrogen-bond acceptors (Lipinski definition) is 3. The number of rotatable bonds is 3. The average molecular weight is 260 g/mol. The molecule has 0 aliphatic rings. The zero-order chi connectivity index (χ0) is 14.0. The molecule has 4 nitrogen and oxygen atoms in total. The van der Waals surface area contributed by atoms with Crippen LogP contribution in [0.25, 0.3) is 0 Å². The SMILES string of the molecule is Cc1ccc(N(C)c2cccc(F)c2[N+](=O)[O-])cc1. The Labute approximate surface area is 110 Å². The van der Waals surface area contributed by atoms with Crippen LogP contribution < -0.4 is 4.90 Å². The van der Waals surface area contributed by atoms with E-state index in [1.807, 2.05) is 31.2 Å². The smallest absolute Gasteiger partial charge is 0.328 e. The molecular formula is C14H13FN2O2. The van der Waals surface area contributed by atoms with Gasteiger partial charge >= 0.3 is 5.69 Å². The van der Waals surface area contributed by atoms with Gasteiger partial charge in [-0.25, -0.2) is 0 Å². The van der Waals surface area contributed by atoms with E-state index in [0.29, 0.717) is 0 Å². The second kappa shape index (κ2) is 5.06. The lowest BCUT2D eigenvalue weighted by Crippen LogP contribution is -2.12. The van der Waals surface area contributed by atoms with Crippen molar-refractivity contribution in [1.29, 1.82) is 0 Å². The molecule has 0 aromatic heterocycles. The van der Waals surface area contributed by atoms with Gasteiger partial charge in [-0.3, -0.25) is 10.1 Å². The molecule has 19 heavy (non-hydrogen) atoms. The van der Waals surface area contributed by atoms with Crippen LogP contribution in [0.1, 0.15) is 5.56 Å². The molecular weight excluding hydrogens is 247 g/mol. The number of nitro benzene ring substituents is 1. The van der Waals surface area contributed by atoms with Crippen LogP contribution in [0.5, 0.6) is 0 Å². The summed E-state index contributed by atoms with van der Waals surface area (Å²) >= 11 is 0. The molecule has 0 atom stereocenters. The lowest BCUT2D eigenvalue weighted by atomic mass is 10.2. The Hall–Kier alpha value is -2.43. The summed E-state index contributed by atoms with van der Waals surface area (Å²) in [5.74, 6) is -0.832. The van der Waals surface area contributed by atoms with Crippen LogP contribution in [0.3, 0.4) is 0 Å². The van der Waals surface area contributed by atoms with Crippen molar-refractivity contribution in [3.05, 3.63) is 64.0 Å². The highest BCUT2D eigenvalue weighted by molar-refractivity contribution is 5.71. The summed E-state index contributed by atoms with van der Waals surface area (Å²) in [6.07, 6.45) is 0. The number of aryl methyl sites for hydroxylation is 1. The molecule has 2 aromatic rings. The highest BCUT2D eigenvalue weighted by atomic mass is 19.1. The predicted molar refractivity (Wildman–Crippen MR) is 72.3 cm³/mol. The first-order valence-corrected chi connectivity index (χ1v) is 5.74. The van der Waals surface area contributed by atoms with Crippen molar-refractivity contribution >= 4 is 17.1 Å². The van der Waals surface area contributed by atoms with Crippen LogP contribution in [-0.4, -0.2) is 12.0 Å². The molecule has 0 N–H and O–H groups in total. The lowest BCUT2D eigenvalue weighted by Gasteiger charge is -2.19. The first-order valence-electron chi connectivity index (χ1n) is 5.74. The molecule has 0 saturated heterocycles. The molecule has 0 saturated carbocycles. The van der Waals surface area contributed by atoms with Gasteiger partial charge in [0, 0.05) is 12.7 Å². The van der Waals surface area contributed by atoms with Crippen LogP contribution in [0.2, 0.25) is 0 Å². The van der Waals surface area contributed by atoms with E-state index in [9.17, 15) is 14.5 Å². The van der Waals surface area contributed by atoms with E-state index in [-0.39, 0.29) is 5.69 Å². The Kier molecular flexibility index (Phi) is 3.46. The molecule has 0 aliphatic carbocycles. The highest BCUT2D eigenvalue weighted by Gasteiger charge is 2.22. The Morgan fingerprint density at radius 3 is 2.37 bits per heavy atom. The number of halogens is 1. The van der Waals surface area contributed by atoms with Crippen LogP contribution in [0, 0.1) is 22.9 Å². The van der Waals surface area contributed by atoms with Crippen LogP contribution in [0.4, 0.5) is 21.5 Å². The van der Waals surface area contributed by atoms with E-state index < -0.39 is 16.4 Å². The van der Waals surface area contributed by atoms with Gasteiger partial charge in [-0.1, -0.05) is 23.8 Å². The Morgan fingerprint density at radius 2 is 1.79 bits per heavy atom. The summed E-state index contributed by atoms with van der Waals surface area (Å²) in [7, 11) is 1.67. The Balaban J connectivity index is 2.49. The zero-order valence-corrected chi connectivity index (χ0v) is 10.6. The van der Waals surface area contributed by atoms with Crippen molar-refractivity contribution in [3.63, 3.8) is 0 Å². The van der Waals surface area contributed by atoms with E-state index in [0.717, 1.165) is 17.3 Å². The van der Waals surface area contributed by atoms with Gasteiger partial charge < -0.3 is 4.90 Å². The standard InChI is InChI=1S/C14H13FN2O2/c1-10-6-8-11(9-7-10)16(2)13-5-3-4-12(15)14(13)17(18)19/h3-9H,1-2H3. The topological polar surface area (TPSA) is 46.4 Å². The number of nitro groups is 1.